The molecule has 102 valence electrons. The first kappa shape index (κ1) is 14.0. The van der Waals surface area contributed by atoms with Gasteiger partial charge in [-0.15, -0.1) is 11.3 Å². The van der Waals surface area contributed by atoms with Gasteiger partial charge in [0.15, 0.2) is 0 Å². The smallest absolute Gasteiger partial charge is 0.114 e. The van der Waals surface area contributed by atoms with Crippen LogP contribution in [0.15, 0.2) is 35.8 Å². The molecule has 0 aliphatic rings. The maximum Gasteiger partial charge on any atom is 0.114 e. The second-order valence-electron chi connectivity index (χ2n) is 5.11. The van der Waals surface area contributed by atoms with Crippen LogP contribution in [0.25, 0.3) is 0 Å². The summed E-state index contributed by atoms with van der Waals surface area (Å²) < 4.78 is 0. The molecule has 1 heterocycles. The van der Waals surface area contributed by atoms with Crippen molar-refractivity contribution in [2.45, 2.75) is 25.9 Å². The quantitative estimate of drug-likeness (QED) is 0.907. The summed E-state index contributed by atoms with van der Waals surface area (Å²) in [5, 5.41) is 6.72. The minimum atomic E-state index is 0.177. The van der Waals surface area contributed by atoms with Gasteiger partial charge in [-0.1, -0.05) is 12.1 Å². The molecule has 0 aliphatic carbocycles. The summed E-state index contributed by atoms with van der Waals surface area (Å²) >= 11 is 1.69. The molecule has 0 aliphatic heterocycles. The summed E-state index contributed by atoms with van der Waals surface area (Å²) in [6.45, 7) is 4.32. The Morgan fingerprint density at radius 1 is 1.16 bits per heavy atom. The monoisotopic (exact) mass is 275 g/mol. The van der Waals surface area contributed by atoms with Crippen molar-refractivity contribution in [1.82, 2.24) is 10.3 Å². The first-order valence-corrected chi connectivity index (χ1v) is 7.38. The number of hydrogen-bond acceptors (Lipinski definition) is 4. The van der Waals surface area contributed by atoms with Crippen LogP contribution >= 0.6 is 11.3 Å². The molecule has 0 saturated heterocycles. The number of benzene rings is 1. The molecule has 0 fully saturated rings. The van der Waals surface area contributed by atoms with Crippen LogP contribution in [0.1, 0.15) is 30.5 Å². The molecule has 0 bridgehead atoms. The van der Waals surface area contributed by atoms with Gasteiger partial charge in [0.1, 0.15) is 5.01 Å². The SMILES string of the molecule is CC(C)NC(c1ccc(N(C)C)cc1)c1nccs1. The maximum absolute atomic E-state index is 4.45. The van der Waals surface area contributed by atoms with E-state index in [9.17, 15) is 0 Å². The van der Waals surface area contributed by atoms with Crippen LogP contribution in [0.5, 0.6) is 0 Å². The molecule has 1 N–H and O–H groups in total. The fourth-order valence-corrected chi connectivity index (χ4v) is 2.71. The Kier molecular flexibility index (Phi) is 4.56. The molecular formula is C15H21N3S. The molecule has 0 spiro atoms. The number of aromatic nitrogens is 1. The third-order valence-corrected chi connectivity index (χ3v) is 3.78. The van der Waals surface area contributed by atoms with Crippen molar-refractivity contribution >= 4 is 17.0 Å². The number of thiazole rings is 1. The standard InChI is InChI=1S/C15H21N3S/c1-11(2)17-14(15-16-9-10-19-15)12-5-7-13(8-6-12)18(3)4/h5-11,14,17H,1-4H3. The van der Waals surface area contributed by atoms with Gasteiger partial charge >= 0.3 is 0 Å². The fourth-order valence-electron chi connectivity index (χ4n) is 1.99. The Morgan fingerprint density at radius 2 is 1.84 bits per heavy atom. The highest BCUT2D eigenvalue weighted by atomic mass is 32.1. The largest absolute Gasteiger partial charge is 0.378 e. The Labute approximate surface area is 119 Å². The molecule has 0 radical (unpaired) electrons. The van der Waals surface area contributed by atoms with Crippen molar-refractivity contribution in [3.05, 3.63) is 46.4 Å². The first-order chi connectivity index (χ1) is 9.08. The van der Waals surface area contributed by atoms with Crippen molar-refractivity contribution in [2.75, 3.05) is 19.0 Å². The number of nitrogens with one attached hydrogen (secondary N) is 1. The zero-order valence-corrected chi connectivity index (χ0v) is 12.7. The molecule has 0 amide bonds. The molecule has 1 unspecified atom stereocenters. The number of nitrogens with zero attached hydrogens (tertiary/aromatic N) is 2. The minimum Gasteiger partial charge on any atom is -0.378 e. The van der Waals surface area contributed by atoms with E-state index in [1.165, 1.54) is 11.3 Å². The Morgan fingerprint density at radius 3 is 2.32 bits per heavy atom. The van der Waals surface area contributed by atoms with E-state index in [0.29, 0.717) is 6.04 Å². The molecule has 3 nitrogen and oxygen atoms in total. The molecule has 1 atom stereocenters. The Hall–Kier alpha value is -1.39. The molecule has 1 aromatic heterocycles. The second-order valence-corrected chi connectivity index (χ2v) is 6.04. The molecular weight excluding hydrogens is 254 g/mol. The van der Waals surface area contributed by atoms with Gasteiger partial charge in [0.05, 0.1) is 6.04 Å². The highest BCUT2D eigenvalue weighted by molar-refractivity contribution is 7.09. The summed E-state index contributed by atoms with van der Waals surface area (Å²) in [4.78, 5) is 6.56. The maximum atomic E-state index is 4.45. The van der Waals surface area contributed by atoms with E-state index >= 15 is 0 Å². The number of anilines is 1. The highest BCUT2D eigenvalue weighted by Crippen LogP contribution is 2.26. The van der Waals surface area contributed by atoms with Crippen LogP contribution in [0.2, 0.25) is 0 Å². The third kappa shape index (κ3) is 3.55. The van der Waals surface area contributed by atoms with E-state index in [4.69, 9.17) is 0 Å². The predicted octanol–water partition coefficient (Wildman–Crippen LogP) is 3.30. The van der Waals surface area contributed by atoms with Gasteiger partial charge < -0.3 is 10.2 Å². The molecule has 0 saturated carbocycles. The van der Waals surface area contributed by atoms with Gasteiger partial charge in [0.25, 0.3) is 0 Å². The van der Waals surface area contributed by atoms with Crippen LogP contribution in [-0.4, -0.2) is 25.1 Å². The van der Waals surface area contributed by atoms with Crippen LogP contribution in [-0.2, 0) is 0 Å². The molecule has 4 heteroatoms. The highest BCUT2D eigenvalue weighted by Gasteiger charge is 2.17. The van der Waals surface area contributed by atoms with Crippen LogP contribution in [0.3, 0.4) is 0 Å². The summed E-state index contributed by atoms with van der Waals surface area (Å²) in [6, 6.07) is 9.25. The van der Waals surface area contributed by atoms with Gasteiger partial charge in [-0.05, 0) is 31.5 Å². The summed E-state index contributed by atoms with van der Waals surface area (Å²) in [7, 11) is 4.11. The lowest BCUT2D eigenvalue weighted by atomic mass is 10.1. The second kappa shape index (κ2) is 6.17. The van der Waals surface area contributed by atoms with Gasteiger partial charge in [0.2, 0.25) is 0 Å². The first-order valence-electron chi connectivity index (χ1n) is 6.50. The van der Waals surface area contributed by atoms with Crippen LogP contribution < -0.4 is 10.2 Å². The van der Waals surface area contributed by atoms with Gasteiger partial charge in [-0.2, -0.15) is 0 Å². The van der Waals surface area contributed by atoms with E-state index in [1.54, 1.807) is 11.3 Å². The number of rotatable bonds is 5. The van der Waals surface area contributed by atoms with Crippen molar-refractivity contribution in [2.24, 2.45) is 0 Å². The lowest BCUT2D eigenvalue weighted by molar-refractivity contribution is 0.527. The van der Waals surface area contributed by atoms with E-state index in [2.05, 4.69) is 67.4 Å². The van der Waals surface area contributed by atoms with Crippen molar-refractivity contribution in [3.63, 3.8) is 0 Å². The normalized spacial score (nSPS) is 12.7. The summed E-state index contributed by atoms with van der Waals surface area (Å²) in [5.74, 6) is 0. The van der Waals surface area contributed by atoms with Gasteiger partial charge in [0, 0.05) is 37.4 Å². The van der Waals surface area contributed by atoms with Gasteiger partial charge in [-0.3, -0.25) is 0 Å². The molecule has 2 rings (SSSR count). The van der Waals surface area contributed by atoms with E-state index in [1.807, 2.05) is 11.6 Å². The zero-order chi connectivity index (χ0) is 13.8. The Bertz CT molecular complexity index is 489. The van der Waals surface area contributed by atoms with Crippen molar-refractivity contribution in [3.8, 4) is 0 Å². The van der Waals surface area contributed by atoms with E-state index < -0.39 is 0 Å². The molecule has 1 aromatic carbocycles. The van der Waals surface area contributed by atoms with Crippen LogP contribution in [0.4, 0.5) is 5.69 Å². The van der Waals surface area contributed by atoms with Gasteiger partial charge in [-0.25, -0.2) is 4.98 Å². The summed E-state index contributed by atoms with van der Waals surface area (Å²) in [5.41, 5.74) is 2.47. The molecule has 19 heavy (non-hydrogen) atoms. The lowest BCUT2D eigenvalue weighted by Gasteiger charge is -2.21. The van der Waals surface area contributed by atoms with E-state index in [-0.39, 0.29) is 6.04 Å². The third-order valence-electron chi connectivity index (χ3n) is 2.94. The topological polar surface area (TPSA) is 28.2 Å². The van der Waals surface area contributed by atoms with Crippen molar-refractivity contribution in [1.29, 1.82) is 0 Å². The fraction of sp³-hybridized carbons (Fsp3) is 0.400. The predicted molar refractivity (Wildman–Crippen MR) is 83.0 cm³/mol. The lowest BCUT2D eigenvalue weighted by Crippen LogP contribution is -2.28. The van der Waals surface area contributed by atoms with E-state index in [0.717, 1.165) is 5.01 Å². The van der Waals surface area contributed by atoms with Crippen molar-refractivity contribution < 1.29 is 0 Å². The summed E-state index contributed by atoms with van der Waals surface area (Å²) in [6.07, 6.45) is 1.86. The zero-order valence-electron chi connectivity index (χ0n) is 11.9. The number of hydrogen-bond donors (Lipinski definition) is 1. The average Bonchev–Trinajstić information content (AvgIpc) is 2.89. The average molecular weight is 275 g/mol. The Balaban J connectivity index is 2.28. The minimum absolute atomic E-state index is 0.177. The molecule has 2 aromatic rings. The van der Waals surface area contributed by atoms with Crippen LogP contribution in [0, 0.1) is 0 Å².